The monoisotopic (exact) mass is 522 g/mol. The molecule has 0 aliphatic heterocycles. The Bertz CT molecular complexity index is 1510. The normalized spacial score (nSPS) is 11.5. The van der Waals surface area contributed by atoms with Gasteiger partial charge in [0.2, 0.25) is 17.8 Å². The number of hydrogen-bond donors (Lipinski definition) is 6. The standard InChI is InChI=1S/C19H18N6O8S2/c1-2-11-7-8-12(9-15(11)35(31,32)33)21-18-23-17(20-10-16(26)27)24-19(25-18)22-13-5-3-4-6-14(13)34(28,29)30/h2-9H,1,10H2,(H,26,27)(H,28,29,30)(H,31,32,33)(H3,20,21,22,23,24,25). The molecule has 3 rings (SSSR count). The number of para-hydroxylation sites is 1. The summed E-state index contributed by atoms with van der Waals surface area (Å²) >= 11 is 0. The van der Waals surface area contributed by atoms with E-state index in [9.17, 15) is 30.7 Å². The molecule has 0 saturated heterocycles. The summed E-state index contributed by atoms with van der Waals surface area (Å²) < 4.78 is 65.6. The lowest BCUT2D eigenvalue weighted by Gasteiger charge is -2.13. The van der Waals surface area contributed by atoms with E-state index in [-0.39, 0.29) is 34.8 Å². The third-order valence-electron chi connectivity index (χ3n) is 4.21. The van der Waals surface area contributed by atoms with Gasteiger partial charge in [-0.1, -0.05) is 30.9 Å². The van der Waals surface area contributed by atoms with Crippen molar-refractivity contribution >= 4 is 61.5 Å². The topological polar surface area (TPSA) is 221 Å². The summed E-state index contributed by atoms with van der Waals surface area (Å²) in [6.07, 6.45) is 1.23. The van der Waals surface area contributed by atoms with Crippen LogP contribution in [0.15, 0.2) is 58.8 Å². The predicted molar refractivity (Wildman–Crippen MR) is 125 cm³/mol. The third kappa shape index (κ3) is 6.70. The fraction of sp³-hybridized carbons (Fsp3) is 0.0526. The number of nitrogens with zero attached hydrogens (tertiary/aromatic N) is 3. The van der Waals surface area contributed by atoms with Gasteiger partial charge in [-0.25, -0.2) is 0 Å². The highest BCUT2D eigenvalue weighted by molar-refractivity contribution is 7.86. The van der Waals surface area contributed by atoms with Crippen LogP contribution in [0.5, 0.6) is 0 Å². The molecule has 3 aromatic rings. The first-order valence-electron chi connectivity index (χ1n) is 9.43. The summed E-state index contributed by atoms with van der Waals surface area (Å²) in [6.45, 7) is 2.92. The largest absolute Gasteiger partial charge is 0.480 e. The van der Waals surface area contributed by atoms with Crippen molar-refractivity contribution in [1.82, 2.24) is 15.0 Å². The lowest BCUT2D eigenvalue weighted by Crippen LogP contribution is -2.16. The first-order chi connectivity index (χ1) is 16.4. The van der Waals surface area contributed by atoms with Crippen molar-refractivity contribution < 1.29 is 35.8 Å². The van der Waals surface area contributed by atoms with Gasteiger partial charge in [-0.15, -0.1) is 0 Å². The van der Waals surface area contributed by atoms with E-state index in [1.54, 1.807) is 0 Å². The summed E-state index contributed by atoms with van der Waals surface area (Å²) in [5.41, 5.74) is 0.185. The number of anilines is 5. The van der Waals surface area contributed by atoms with Gasteiger partial charge in [0.1, 0.15) is 16.3 Å². The number of carbonyl (C=O) groups is 1. The highest BCUT2D eigenvalue weighted by Crippen LogP contribution is 2.26. The van der Waals surface area contributed by atoms with Gasteiger partial charge >= 0.3 is 5.97 Å². The number of benzene rings is 2. The molecule has 2 aromatic carbocycles. The lowest BCUT2D eigenvalue weighted by molar-refractivity contribution is -0.134. The van der Waals surface area contributed by atoms with Crippen LogP contribution >= 0.6 is 0 Å². The van der Waals surface area contributed by atoms with Crippen LogP contribution in [0, 0.1) is 0 Å². The molecule has 1 heterocycles. The van der Waals surface area contributed by atoms with Crippen LogP contribution < -0.4 is 16.0 Å². The van der Waals surface area contributed by atoms with Crippen LogP contribution in [0.2, 0.25) is 0 Å². The maximum Gasteiger partial charge on any atom is 0.322 e. The molecule has 0 fully saturated rings. The molecule has 35 heavy (non-hydrogen) atoms. The van der Waals surface area contributed by atoms with Gasteiger partial charge in [0.05, 0.1) is 5.69 Å². The maximum absolute atomic E-state index is 11.7. The second kappa shape index (κ2) is 10.0. The maximum atomic E-state index is 11.7. The Morgan fingerprint density at radius 1 is 0.886 bits per heavy atom. The first-order valence-corrected chi connectivity index (χ1v) is 12.3. The minimum atomic E-state index is -4.60. The minimum absolute atomic E-state index is 0.0830. The highest BCUT2D eigenvalue weighted by atomic mass is 32.2. The molecular formula is C19H18N6O8S2. The van der Waals surface area contributed by atoms with Crippen molar-refractivity contribution in [3.05, 3.63) is 54.6 Å². The molecule has 184 valence electrons. The Kier molecular flexibility index (Phi) is 7.30. The zero-order valence-electron chi connectivity index (χ0n) is 17.6. The Labute approximate surface area is 199 Å². The molecule has 0 aliphatic rings. The average Bonchev–Trinajstić information content (AvgIpc) is 2.76. The van der Waals surface area contributed by atoms with Crippen molar-refractivity contribution in [2.75, 3.05) is 22.5 Å². The molecule has 0 radical (unpaired) electrons. The zero-order chi connectivity index (χ0) is 25.8. The van der Waals surface area contributed by atoms with Crippen LogP contribution in [0.1, 0.15) is 5.56 Å². The predicted octanol–water partition coefficient (Wildman–Crippen LogP) is 1.99. The second-order valence-electron chi connectivity index (χ2n) is 6.71. The number of carboxylic acids is 1. The van der Waals surface area contributed by atoms with Gasteiger partial charge in [-0.3, -0.25) is 13.9 Å². The zero-order valence-corrected chi connectivity index (χ0v) is 19.2. The van der Waals surface area contributed by atoms with E-state index in [2.05, 4.69) is 37.5 Å². The third-order valence-corrected chi connectivity index (χ3v) is 6.03. The molecule has 0 atom stereocenters. The van der Waals surface area contributed by atoms with E-state index in [0.29, 0.717) is 0 Å². The Morgan fingerprint density at radius 2 is 1.49 bits per heavy atom. The van der Waals surface area contributed by atoms with E-state index < -0.39 is 42.5 Å². The molecule has 1 aromatic heterocycles. The van der Waals surface area contributed by atoms with E-state index in [1.165, 1.54) is 36.4 Å². The number of aliphatic carboxylic acids is 1. The number of rotatable bonds is 10. The van der Waals surface area contributed by atoms with Crippen LogP contribution in [0.25, 0.3) is 6.08 Å². The van der Waals surface area contributed by atoms with E-state index in [0.717, 1.165) is 12.1 Å². The van der Waals surface area contributed by atoms with Crippen molar-refractivity contribution in [2.45, 2.75) is 9.79 Å². The van der Waals surface area contributed by atoms with Crippen LogP contribution in [0.4, 0.5) is 29.2 Å². The second-order valence-corrected chi connectivity index (χ2v) is 9.49. The van der Waals surface area contributed by atoms with Crippen molar-refractivity contribution in [2.24, 2.45) is 0 Å². The van der Waals surface area contributed by atoms with Crippen molar-refractivity contribution in [1.29, 1.82) is 0 Å². The van der Waals surface area contributed by atoms with Gasteiger partial charge in [-0.05, 0) is 29.8 Å². The Morgan fingerprint density at radius 3 is 2.09 bits per heavy atom. The highest BCUT2D eigenvalue weighted by Gasteiger charge is 2.18. The molecule has 6 N–H and O–H groups in total. The summed E-state index contributed by atoms with van der Waals surface area (Å²) in [6, 6.07) is 9.25. The number of nitrogens with one attached hydrogen (secondary N) is 3. The molecule has 0 aliphatic carbocycles. The minimum Gasteiger partial charge on any atom is -0.480 e. The van der Waals surface area contributed by atoms with Crippen LogP contribution in [0.3, 0.4) is 0 Å². The molecule has 14 nitrogen and oxygen atoms in total. The fourth-order valence-electron chi connectivity index (χ4n) is 2.77. The molecule has 16 heteroatoms. The fourth-order valence-corrected chi connectivity index (χ4v) is 4.14. The lowest BCUT2D eigenvalue weighted by atomic mass is 10.2. The van der Waals surface area contributed by atoms with E-state index in [1.807, 2.05) is 0 Å². The molecule has 0 bridgehead atoms. The summed E-state index contributed by atoms with van der Waals surface area (Å²) in [5, 5.41) is 16.7. The number of carboxylic acid groups (broad SMARTS) is 1. The average molecular weight is 523 g/mol. The Balaban J connectivity index is 2.03. The van der Waals surface area contributed by atoms with Crippen molar-refractivity contribution in [3.63, 3.8) is 0 Å². The molecule has 0 amide bonds. The molecular weight excluding hydrogens is 504 g/mol. The molecule has 0 saturated carbocycles. The first kappa shape index (κ1) is 25.5. The van der Waals surface area contributed by atoms with Gasteiger partial charge in [0.25, 0.3) is 20.2 Å². The van der Waals surface area contributed by atoms with Crippen molar-refractivity contribution in [3.8, 4) is 0 Å². The van der Waals surface area contributed by atoms with Gasteiger partial charge in [0.15, 0.2) is 0 Å². The summed E-state index contributed by atoms with van der Waals surface area (Å²) in [7, 11) is -9.19. The number of aromatic nitrogens is 3. The van der Waals surface area contributed by atoms with Gasteiger partial charge < -0.3 is 21.1 Å². The number of hydrogen-bond acceptors (Lipinski definition) is 11. The van der Waals surface area contributed by atoms with E-state index >= 15 is 0 Å². The SMILES string of the molecule is C=Cc1ccc(Nc2nc(NCC(=O)O)nc(Nc3ccccc3S(=O)(=O)O)n2)cc1S(=O)(=O)O. The van der Waals surface area contributed by atoms with Crippen LogP contribution in [-0.2, 0) is 25.0 Å². The van der Waals surface area contributed by atoms with Crippen LogP contribution in [-0.4, -0.2) is 58.5 Å². The summed E-state index contributed by atoms with van der Waals surface area (Å²) in [5.74, 6) is -1.89. The smallest absolute Gasteiger partial charge is 0.322 e. The van der Waals surface area contributed by atoms with Gasteiger partial charge in [-0.2, -0.15) is 31.8 Å². The molecule has 0 spiro atoms. The van der Waals surface area contributed by atoms with Gasteiger partial charge in [0, 0.05) is 5.69 Å². The Hall–Kier alpha value is -4.12. The van der Waals surface area contributed by atoms with E-state index in [4.69, 9.17) is 5.11 Å². The molecule has 0 unspecified atom stereocenters. The summed E-state index contributed by atoms with van der Waals surface area (Å²) in [4.78, 5) is 22.1. The quantitative estimate of drug-likeness (QED) is 0.210.